The fraction of sp³-hybridized carbons (Fsp3) is 0.133. The van der Waals surface area contributed by atoms with Crippen LogP contribution in [0.15, 0.2) is 41.3 Å². The van der Waals surface area contributed by atoms with Gasteiger partial charge in [-0.3, -0.25) is 10.1 Å². The zero-order valence-electron chi connectivity index (χ0n) is 13.3. The van der Waals surface area contributed by atoms with Crippen molar-refractivity contribution in [3.63, 3.8) is 0 Å². The molecule has 2 aromatic rings. The molecule has 0 radical (unpaired) electrons. The van der Waals surface area contributed by atoms with Gasteiger partial charge in [-0.25, -0.2) is 13.2 Å². The number of carbonyl (C=O) groups is 1. The molecule has 1 atom stereocenters. The van der Waals surface area contributed by atoms with E-state index in [-0.39, 0.29) is 32.9 Å². The number of halogens is 2. The number of nitro groups is 1. The summed E-state index contributed by atoms with van der Waals surface area (Å²) in [7, 11) is -4.08. The minimum Gasteiger partial charge on any atom is -0.458 e. The van der Waals surface area contributed by atoms with E-state index >= 15 is 0 Å². The Morgan fingerprint density at radius 2 is 2.00 bits per heavy atom. The molecule has 0 amide bonds. The van der Waals surface area contributed by atoms with Gasteiger partial charge in [0.1, 0.15) is 11.5 Å². The number of ether oxygens (including phenoxy) is 1. The van der Waals surface area contributed by atoms with Gasteiger partial charge in [0.25, 0.3) is 5.69 Å². The molecule has 0 bridgehead atoms. The highest BCUT2D eigenvalue weighted by atomic mass is 35.5. The molecular weight excluding hydrogens is 421 g/mol. The van der Waals surface area contributed by atoms with Gasteiger partial charge >= 0.3 is 5.97 Å². The number of rotatable bonds is 4. The van der Waals surface area contributed by atoms with Crippen LogP contribution < -0.4 is 10.0 Å². The van der Waals surface area contributed by atoms with Gasteiger partial charge in [0, 0.05) is 17.2 Å². The third-order valence-corrected chi connectivity index (χ3v) is 5.74. The van der Waals surface area contributed by atoms with Crippen LogP contribution in [-0.2, 0) is 26.2 Å². The average Bonchev–Trinajstić information content (AvgIpc) is 2.58. The largest absolute Gasteiger partial charge is 0.458 e. The number of nitro benzene ring substituents is 1. The van der Waals surface area contributed by atoms with Crippen molar-refractivity contribution < 1.29 is 22.9 Å². The van der Waals surface area contributed by atoms with Gasteiger partial charge in [0.2, 0.25) is 10.0 Å². The van der Waals surface area contributed by atoms with Crippen LogP contribution in [0.5, 0.6) is 0 Å². The van der Waals surface area contributed by atoms with Crippen LogP contribution in [0.4, 0.5) is 11.4 Å². The van der Waals surface area contributed by atoms with Crippen LogP contribution >= 0.6 is 23.2 Å². The molecule has 1 aliphatic rings. The summed E-state index contributed by atoms with van der Waals surface area (Å²) < 4.78 is 31.9. The summed E-state index contributed by atoms with van der Waals surface area (Å²) in [5, 5.41) is 13.5. The number of non-ortho nitro benzene ring substituents is 1. The number of carbonyl (C=O) groups excluding carboxylic acids is 1. The number of benzene rings is 2. The molecule has 2 aromatic carbocycles. The van der Waals surface area contributed by atoms with Crippen LogP contribution in [0.2, 0.25) is 10.0 Å². The van der Waals surface area contributed by atoms with Crippen LogP contribution in [0, 0.1) is 10.1 Å². The van der Waals surface area contributed by atoms with E-state index in [4.69, 9.17) is 27.9 Å². The molecule has 27 heavy (non-hydrogen) atoms. The first-order valence-electron chi connectivity index (χ1n) is 7.35. The number of sulfonamides is 1. The number of hydrogen-bond acceptors (Lipinski definition) is 7. The highest BCUT2D eigenvalue weighted by molar-refractivity contribution is 7.90. The minimum atomic E-state index is -4.08. The second-order valence-corrected chi connectivity index (χ2v) is 7.99. The first-order chi connectivity index (χ1) is 12.7. The van der Waals surface area contributed by atoms with Gasteiger partial charge in [0.05, 0.1) is 15.6 Å². The van der Waals surface area contributed by atoms with E-state index in [1.165, 1.54) is 36.4 Å². The zero-order chi connectivity index (χ0) is 19.8. The number of esters is 1. The van der Waals surface area contributed by atoms with Crippen molar-refractivity contribution in [1.82, 2.24) is 4.72 Å². The molecule has 0 aromatic heterocycles. The Kier molecular flexibility index (Phi) is 5.24. The fourth-order valence-electron chi connectivity index (χ4n) is 2.44. The van der Waals surface area contributed by atoms with Crippen LogP contribution in [0.3, 0.4) is 0 Å². The molecule has 9 nitrogen and oxygen atoms in total. The van der Waals surface area contributed by atoms with Crippen LogP contribution in [0.1, 0.15) is 5.56 Å². The molecule has 0 aliphatic carbocycles. The number of fused-ring (bicyclic) bond motifs is 1. The number of anilines is 1. The molecule has 0 fully saturated rings. The summed E-state index contributed by atoms with van der Waals surface area (Å²) in [4.78, 5) is 22.2. The summed E-state index contributed by atoms with van der Waals surface area (Å²) in [6.45, 7) is -0.274. The lowest BCUT2D eigenvalue weighted by atomic mass is 10.2. The van der Waals surface area contributed by atoms with Crippen molar-refractivity contribution in [2.45, 2.75) is 17.7 Å². The Bertz CT molecular complexity index is 1040. The van der Waals surface area contributed by atoms with Crippen molar-refractivity contribution in [3.8, 4) is 0 Å². The molecule has 1 heterocycles. The fourth-order valence-corrected chi connectivity index (χ4v) is 4.55. The minimum absolute atomic E-state index is 0.0588. The zero-order valence-corrected chi connectivity index (χ0v) is 15.6. The maximum atomic E-state index is 12.4. The Morgan fingerprint density at radius 1 is 1.26 bits per heavy atom. The Labute approximate surface area is 163 Å². The number of hydrogen-bond donors (Lipinski definition) is 2. The van der Waals surface area contributed by atoms with Crippen molar-refractivity contribution >= 4 is 50.6 Å². The predicted molar refractivity (Wildman–Crippen MR) is 97.1 cm³/mol. The molecule has 3 rings (SSSR count). The highest BCUT2D eigenvalue weighted by Gasteiger charge is 2.36. The lowest BCUT2D eigenvalue weighted by Gasteiger charge is -2.27. The smallest absolute Gasteiger partial charge is 0.345 e. The molecule has 1 unspecified atom stereocenters. The van der Waals surface area contributed by atoms with Crippen molar-refractivity contribution in [3.05, 3.63) is 62.1 Å². The van der Waals surface area contributed by atoms with Gasteiger partial charge in [0.15, 0.2) is 6.17 Å². The van der Waals surface area contributed by atoms with Gasteiger partial charge in [-0.2, -0.15) is 4.72 Å². The van der Waals surface area contributed by atoms with E-state index < -0.39 is 27.1 Å². The summed E-state index contributed by atoms with van der Waals surface area (Å²) >= 11 is 11.8. The second kappa shape index (κ2) is 7.31. The first-order valence-corrected chi connectivity index (χ1v) is 9.59. The first kappa shape index (κ1) is 19.4. The van der Waals surface area contributed by atoms with Crippen molar-refractivity contribution in [1.29, 1.82) is 0 Å². The number of nitrogens with zero attached hydrogens (tertiary/aromatic N) is 1. The SMILES string of the molecule is O=C(OCc1cccc([N+](=O)[O-])c1)C1Nc2cc(Cl)cc(Cl)c2S(=O)(=O)N1. The van der Waals surface area contributed by atoms with Crippen LogP contribution in [0.25, 0.3) is 0 Å². The third kappa shape index (κ3) is 4.14. The molecule has 0 saturated heterocycles. The summed E-state index contributed by atoms with van der Waals surface area (Å²) in [6.07, 6.45) is -1.41. The highest BCUT2D eigenvalue weighted by Crippen LogP contribution is 2.35. The maximum Gasteiger partial charge on any atom is 0.345 e. The summed E-state index contributed by atoms with van der Waals surface area (Å²) in [6, 6.07) is 8.12. The van der Waals surface area contributed by atoms with E-state index in [1.54, 1.807) is 0 Å². The molecule has 0 saturated carbocycles. The quantitative estimate of drug-likeness (QED) is 0.432. The molecule has 12 heteroatoms. The van der Waals surface area contributed by atoms with E-state index in [0.717, 1.165) is 0 Å². The van der Waals surface area contributed by atoms with E-state index in [9.17, 15) is 23.3 Å². The Morgan fingerprint density at radius 3 is 2.70 bits per heavy atom. The third-order valence-electron chi connectivity index (χ3n) is 3.59. The van der Waals surface area contributed by atoms with Gasteiger partial charge in [-0.15, -0.1) is 0 Å². The lowest BCUT2D eigenvalue weighted by molar-refractivity contribution is -0.384. The second-order valence-electron chi connectivity index (χ2n) is 5.50. The number of nitrogens with one attached hydrogen (secondary N) is 2. The average molecular weight is 432 g/mol. The maximum absolute atomic E-state index is 12.4. The van der Waals surface area contributed by atoms with Gasteiger partial charge < -0.3 is 10.1 Å². The monoisotopic (exact) mass is 431 g/mol. The van der Waals surface area contributed by atoms with Crippen molar-refractivity contribution in [2.75, 3.05) is 5.32 Å². The van der Waals surface area contributed by atoms with Crippen molar-refractivity contribution in [2.24, 2.45) is 0 Å². The van der Waals surface area contributed by atoms with E-state index in [2.05, 4.69) is 10.0 Å². The Balaban J connectivity index is 1.76. The Hall–Kier alpha value is -2.40. The molecule has 1 aliphatic heterocycles. The molecule has 0 spiro atoms. The predicted octanol–water partition coefficient (Wildman–Crippen LogP) is 2.67. The van der Waals surface area contributed by atoms with Crippen LogP contribution in [-0.4, -0.2) is 25.5 Å². The molecule has 2 N–H and O–H groups in total. The topological polar surface area (TPSA) is 128 Å². The molecular formula is C15H11Cl2N3O6S. The standard InChI is InChI=1S/C15H11Cl2N3O6S/c16-9-5-11(17)13-12(6-9)18-14(19-27(13,24)25)15(21)26-7-8-2-1-3-10(4-8)20(22)23/h1-6,14,18-19H,7H2. The van der Waals surface area contributed by atoms with E-state index in [1.807, 2.05) is 0 Å². The van der Waals surface area contributed by atoms with Gasteiger partial charge in [-0.05, 0) is 17.7 Å². The molecule has 142 valence electrons. The van der Waals surface area contributed by atoms with Gasteiger partial charge in [-0.1, -0.05) is 35.3 Å². The summed E-state index contributed by atoms with van der Waals surface area (Å²) in [5.41, 5.74) is 0.282. The van der Waals surface area contributed by atoms with E-state index in [0.29, 0.717) is 5.56 Å². The summed E-state index contributed by atoms with van der Waals surface area (Å²) in [5.74, 6) is -0.924. The lowest BCUT2D eigenvalue weighted by Crippen LogP contribution is -2.50. The normalized spacial score (nSPS) is 17.5.